The Morgan fingerprint density at radius 1 is 1.18 bits per heavy atom. The van der Waals surface area contributed by atoms with E-state index in [2.05, 4.69) is 34.1 Å². The maximum Gasteiger partial charge on any atom is 0.276 e. The van der Waals surface area contributed by atoms with E-state index in [0.717, 1.165) is 41.6 Å². The third kappa shape index (κ3) is 5.07. The van der Waals surface area contributed by atoms with Crippen LogP contribution in [-0.4, -0.2) is 60.8 Å². The molecule has 0 aliphatic carbocycles. The van der Waals surface area contributed by atoms with Crippen LogP contribution >= 0.6 is 0 Å². The predicted molar refractivity (Wildman–Crippen MR) is 149 cm³/mol. The summed E-state index contributed by atoms with van der Waals surface area (Å²) in [5.41, 5.74) is 7.67. The molecular formula is C28H31F2N7O3. The van der Waals surface area contributed by atoms with E-state index in [4.69, 9.17) is 10.5 Å². The van der Waals surface area contributed by atoms with E-state index in [0.29, 0.717) is 36.7 Å². The van der Waals surface area contributed by atoms with Crippen molar-refractivity contribution in [1.29, 1.82) is 0 Å². The Hall–Kier alpha value is -4.16. The lowest BCUT2D eigenvalue weighted by atomic mass is 10.1. The highest BCUT2D eigenvalue weighted by Gasteiger charge is 2.32. The standard InChI is InChI=1S/C28H31F2N7O3/c1-16-13-35(14-21(16)31)26-17(2)24(36(32-3)18-11-12-40-15-18)9-7-22(26)33-28(39)23-8-10-25(38)37(34-23)27-19(29)5-4-6-20(27)30/h4-10,16,18,21H,3,11-15,31H2,1-2H3,(H,33,39)/t16-,18-,21+/m1/s1. The van der Waals surface area contributed by atoms with Crippen LogP contribution in [0.25, 0.3) is 5.69 Å². The molecule has 2 fully saturated rings. The summed E-state index contributed by atoms with van der Waals surface area (Å²) in [6, 6.07) is 9.06. The van der Waals surface area contributed by atoms with Gasteiger partial charge in [0.15, 0.2) is 11.6 Å². The number of nitrogens with two attached hydrogens (primary N) is 1. The van der Waals surface area contributed by atoms with Gasteiger partial charge in [0.05, 0.1) is 29.7 Å². The zero-order valence-corrected chi connectivity index (χ0v) is 22.3. The number of hydrogen-bond acceptors (Lipinski definition) is 8. The highest BCUT2D eigenvalue weighted by molar-refractivity contribution is 6.05. The molecule has 2 saturated heterocycles. The number of carbonyl (C=O) groups excluding carboxylic acids is 1. The SMILES string of the molecule is C=NN(c1ccc(NC(=O)c2ccc(=O)n(-c3c(F)cccc3F)n2)c(N2C[C@@H](C)[C@@H](N)C2)c1C)[C@@H]1CCOC1. The van der Waals surface area contributed by atoms with Crippen LogP contribution in [0.5, 0.6) is 0 Å². The minimum Gasteiger partial charge on any atom is -0.379 e. The number of aromatic nitrogens is 2. The molecule has 10 nitrogen and oxygen atoms in total. The average Bonchev–Trinajstić information content (AvgIpc) is 3.56. The molecule has 3 N–H and O–H groups in total. The van der Waals surface area contributed by atoms with Gasteiger partial charge in [0, 0.05) is 38.5 Å². The van der Waals surface area contributed by atoms with Crippen molar-refractivity contribution in [3.05, 3.63) is 75.7 Å². The van der Waals surface area contributed by atoms with Crippen molar-refractivity contribution in [2.24, 2.45) is 16.8 Å². The molecule has 2 aliphatic heterocycles. The van der Waals surface area contributed by atoms with E-state index in [9.17, 15) is 18.4 Å². The summed E-state index contributed by atoms with van der Waals surface area (Å²) >= 11 is 0. The number of para-hydroxylation sites is 1. The van der Waals surface area contributed by atoms with E-state index in [1.54, 1.807) is 6.07 Å². The molecule has 1 aromatic heterocycles. The molecule has 0 saturated carbocycles. The van der Waals surface area contributed by atoms with E-state index in [1.807, 2.05) is 18.0 Å². The van der Waals surface area contributed by atoms with E-state index >= 15 is 0 Å². The molecule has 5 rings (SSSR count). The van der Waals surface area contributed by atoms with Crippen molar-refractivity contribution in [1.82, 2.24) is 9.78 Å². The molecular weight excluding hydrogens is 520 g/mol. The van der Waals surface area contributed by atoms with Crippen LogP contribution in [0.2, 0.25) is 0 Å². The van der Waals surface area contributed by atoms with Crippen LogP contribution in [0.3, 0.4) is 0 Å². The van der Waals surface area contributed by atoms with Crippen LogP contribution in [0, 0.1) is 24.5 Å². The Morgan fingerprint density at radius 2 is 1.93 bits per heavy atom. The first-order valence-corrected chi connectivity index (χ1v) is 13.0. The van der Waals surface area contributed by atoms with Crippen molar-refractivity contribution in [2.75, 3.05) is 41.5 Å². The van der Waals surface area contributed by atoms with Gasteiger partial charge in [0.25, 0.3) is 11.5 Å². The number of benzene rings is 2. The molecule has 1 amide bonds. The summed E-state index contributed by atoms with van der Waals surface area (Å²) in [5, 5.41) is 13.0. The van der Waals surface area contributed by atoms with Gasteiger partial charge in [0.1, 0.15) is 11.4 Å². The molecule has 0 bridgehead atoms. The molecule has 12 heteroatoms. The fraction of sp³-hybridized carbons (Fsp3) is 0.357. The Morgan fingerprint density at radius 3 is 2.55 bits per heavy atom. The smallest absolute Gasteiger partial charge is 0.276 e. The number of ether oxygens (including phenoxy) is 1. The van der Waals surface area contributed by atoms with Gasteiger partial charge in [-0.2, -0.15) is 14.9 Å². The van der Waals surface area contributed by atoms with Gasteiger partial charge in [-0.15, -0.1) is 0 Å². The molecule has 2 aliphatic rings. The van der Waals surface area contributed by atoms with Gasteiger partial charge < -0.3 is 20.7 Å². The molecule has 210 valence electrons. The first kappa shape index (κ1) is 27.4. The van der Waals surface area contributed by atoms with Crippen molar-refractivity contribution in [3.63, 3.8) is 0 Å². The number of halogens is 2. The lowest BCUT2D eigenvalue weighted by molar-refractivity contribution is 0.102. The highest BCUT2D eigenvalue weighted by Crippen LogP contribution is 2.40. The molecule has 0 spiro atoms. The fourth-order valence-corrected chi connectivity index (χ4v) is 5.29. The highest BCUT2D eigenvalue weighted by atomic mass is 19.1. The topological polar surface area (TPSA) is 118 Å². The lowest BCUT2D eigenvalue weighted by Crippen LogP contribution is -2.33. The van der Waals surface area contributed by atoms with E-state index < -0.39 is 28.8 Å². The van der Waals surface area contributed by atoms with Crippen LogP contribution in [0.1, 0.15) is 29.4 Å². The Kier molecular flexibility index (Phi) is 7.63. The number of amides is 1. The van der Waals surface area contributed by atoms with Crippen molar-refractivity contribution in [2.45, 2.75) is 32.4 Å². The Balaban J connectivity index is 1.53. The predicted octanol–water partition coefficient (Wildman–Crippen LogP) is 3.07. The number of nitrogens with one attached hydrogen (secondary N) is 1. The zero-order valence-electron chi connectivity index (χ0n) is 22.3. The Bertz CT molecular complexity index is 1480. The largest absolute Gasteiger partial charge is 0.379 e. The van der Waals surface area contributed by atoms with Gasteiger partial charge in [-0.05, 0) is 55.2 Å². The summed E-state index contributed by atoms with van der Waals surface area (Å²) < 4.78 is 34.9. The molecule has 3 aromatic rings. The number of nitrogens with zero attached hydrogens (tertiary/aromatic N) is 5. The van der Waals surface area contributed by atoms with Crippen LogP contribution in [-0.2, 0) is 4.74 Å². The second kappa shape index (κ2) is 11.1. The van der Waals surface area contributed by atoms with E-state index in [-0.39, 0.29) is 23.7 Å². The minimum absolute atomic E-state index is 0.0354. The lowest BCUT2D eigenvalue weighted by Gasteiger charge is -2.31. The first-order valence-electron chi connectivity index (χ1n) is 13.0. The summed E-state index contributed by atoms with van der Waals surface area (Å²) in [7, 11) is 0. The quantitative estimate of drug-likeness (QED) is 0.342. The number of hydrazone groups is 1. The summed E-state index contributed by atoms with van der Waals surface area (Å²) in [5.74, 6) is -2.39. The molecule has 0 unspecified atom stereocenters. The maximum absolute atomic E-state index is 14.4. The first-order chi connectivity index (χ1) is 19.2. The molecule has 3 atom stereocenters. The van der Waals surface area contributed by atoms with Gasteiger partial charge in [-0.25, -0.2) is 8.78 Å². The van der Waals surface area contributed by atoms with E-state index in [1.165, 1.54) is 12.1 Å². The molecule has 3 heterocycles. The number of rotatable bonds is 7. The molecule has 40 heavy (non-hydrogen) atoms. The number of carbonyl (C=O) groups is 1. The van der Waals surface area contributed by atoms with Gasteiger partial charge >= 0.3 is 0 Å². The van der Waals surface area contributed by atoms with Gasteiger partial charge in [-0.1, -0.05) is 13.0 Å². The normalized spacial score (nSPS) is 20.5. The molecule has 0 radical (unpaired) electrons. The van der Waals surface area contributed by atoms with Crippen LogP contribution < -0.4 is 26.5 Å². The van der Waals surface area contributed by atoms with Crippen molar-refractivity contribution in [3.8, 4) is 5.69 Å². The van der Waals surface area contributed by atoms with Crippen molar-refractivity contribution < 1.29 is 18.3 Å². The zero-order chi connectivity index (χ0) is 28.6. The van der Waals surface area contributed by atoms with Gasteiger partial charge in [0.2, 0.25) is 0 Å². The number of anilines is 3. The van der Waals surface area contributed by atoms with Crippen LogP contribution in [0.4, 0.5) is 25.8 Å². The van der Waals surface area contributed by atoms with Crippen molar-refractivity contribution >= 4 is 29.7 Å². The maximum atomic E-state index is 14.4. The second-order valence-corrected chi connectivity index (χ2v) is 10.1. The minimum atomic E-state index is -0.979. The summed E-state index contributed by atoms with van der Waals surface area (Å²) in [4.78, 5) is 27.9. The second-order valence-electron chi connectivity index (χ2n) is 10.1. The third-order valence-corrected chi connectivity index (χ3v) is 7.47. The Labute approximate surface area is 230 Å². The van der Waals surface area contributed by atoms with Crippen LogP contribution in [0.15, 0.2) is 52.4 Å². The fourth-order valence-electron chi connectivity index (χ4n) is 5.29. The number of hydrogen-bond donors (Lipinski definition) is 2. The van der Waals surface area contributed by atoms with Gasteiger partial charge in [-0.3, -0.25) is 14.6 Å². The summed E-state index contributed by atoms with van der Waals surface area (Å²) in [6.07, 6.45) is 0.807. The summed E-state index contributed by atoms with van der Waals surface area (Å²) in [6.45, 7) is 10.2. The third-order valence-electron chi connectivity index (χ3n) is 7.47. The average molecular weight is 552 g/mol. The monoisotopic (exact) mass is 551 g/mol. The molecule has 2 aromatic carbocycles.